The lowest BCUT2D eigenvalue weighted by Crippen LogP contribution is -2.46. The molecule has 31 heavy (non-hydrogen) atoms. The van der Waals surface area contributed by atoms with E-state index in [0.29, 0.717) is 16.9 Å². The molecule has 0 bridgehead atoms. The number of anilines is 4. The maximum Gasteiger partial charge on any atom is 0.255 e. The van der Waals surface area contributed by atoms with Crippen molar-refractivity contribution in [1.29, 1.82) is 0 Å². The summed E-state index contributed by atoms with van der Waals surface area (Å²) in [6.45, 7) is 5.10. The Bertz CT molecular complexity index is 1050. The van der Waals surface area contributed by atoms with Crippen molar-refractivity contribution in [3.63, 3.8) is 0 Å². The largest absolute Gasteiger partial charge is 0.368 e. The monoisotopic (exact) mass is 415 g/mol. The molecule has 7 nitrogen and oxygen atoms in total. The average Bonchev–Trinajstić information content (AvgIpc) is 2.80. The average molecular weight is 415 g/mol. The van der Waals surface area contributed by atoms with E-state index in [2.05, 4.69) is 49.7 Å². The van der Waals surface area contributed by atoms with E-state index in [4.69, 9.17) is 0 Å². The Balaban J connectivity index is 1.34. The van der Waals surface area contributed by atoms with Crippen molar-refractivity contribution in [2.75, 3.05) is 46.6 Å². The van der Waals surface area contributed by atoms with Gasteiger partial charge in [0.05, 0.1) is 11.9 Å². The van der Waals surface area contributed by atoms with Crippen LogP contribution >= 0.6 is 0 Å². The number of hydrogen-bond acceptors (Lipinski definition) is 5. The van der Waals surface area contributed by atoms with Gasteiger partial charge in [0, 0.05) is 50.0 Å². The smallest absolute Gasteiger partial charge is 0.255 e. The van der Waals surface area contributed by atoms with Crippen LogP contribution in [0.1, 0.15) is 17.3 Å². The van der Waals surface area contributed by atoms with E-state index < -0.39 is 0 Å². The summed E-state index contributed by atoms with van der Waals surface area (Å²) in [5, 5.41) is 5.54. The Hall–Kier alpha value is -3.87. The van der Waals surface area contributed by atoms with Gasteiger partial charge in [-0.25, -0.2) is 4.98 Å². The maximum absolute atomic E-state index is 12.5. The molecular weight excluding hydrogens is 390 g/mol. The molecule has 3 aromatic rings. The van der Waals surface area contributed by atoms with Gasteiger partial charge in [-0.3, -0.25) is 9.59 Å². The Labute approximate surface area is 181 Å². The summed E-state index contributed by atoms with van der Waals surface area (Å²) in [5.74, 6) is 0.471. The number of carbonyl (C=O) groups excluding carboxylic acids is 2. The number of nitrogens with one attached hydrogen (secondary N) is 2. The summed E-state index contributed by atoms with van der Waals surface area (Å²) >= 11 is 0. The van der Waals surface area contributed by atoms with Gasteiger partial charge in [0.25, 0.3) is 5.91 Å². The van der Waals surface area contributed by atoms with E-state index >= 15 is 0 Å². The van der Waals surface area contributed by atoms with Gasteiger partial charge in [-0.15, -0.1) is 0 Å². The topological polar surface area (TPSA) is 77.6 Å². The summed E-state index contributed by atoms with van der Waals surface area (Å²) in [5.41, 5.74) is 2.92. The molecule has 1 aliphatic heterocycles. The first-order valence-corrected chi connectivity index (χ1v) is 10.3. The molecule has 0 saturated carbocycles. The highest BCUT2D eigenvalue weighted by Gasteiger charge is 2.18. The van der Waals surface area contributed by atoms with Gasteiger partial charge >= 0.3 is 0 Å². The first kappa shape index (κ1) is 20.4. The Morgan fingerprint density at radius 1 is 0.806 bits per heavy atom. The van der Waals surface area contributed by atoms with Gasteiger partial charge in [0.2, 0.25) is 5.91 Å². The summed E-state index contributed by atoms with van der Waals surface area (Å²) < 4.78 is 0. The number of pyridine rings is 1. The molecular formula is C24H25N5O2. The van der Waals surface area contributed by atoms with Gasteiger partial charge in [0.15, 0.2) is 0 Å². The lowest BCUT2D eigenvalue weighted by atomic mass is 10.2. The van der Waals surface area contributed by atoms with Crippen LogP contribution in [0.5, 0.6) is 0 Å². The van der Waals surface area contributed by atoms with Crippen LogP contribution in [0.15, 0.2) is 72.9 Å². The molecule has 2 heterocycles. The summed E-state index contributed by atoms with van der Waals surface area (Å²) in [4.78, 5) is 32.9. The predicted molar refractivity (Wildman–Crippen MR) is 124 cm³/mol. The molecule has 2 aromatic carbocycles. The Morgan fingerprint density at radius 3 is 2.23 bits per heavy atom. The zero-order valence-electron chi connectivity index (χ0n) is 17.4. The molecule has 0 unspecified atom stereocenters. The van der Waals surface area contributed by atoms with E-state index in [-0.39, 0.29) is 11.8 Å². The van der Waals surface area contributed by atoms with Crippen LogP contribution in [-0.2, 0) is 4.79 Å². The summed E-state index contributed by atoms with van der Waals surface area (Å²) in [6, 6.07) is 21.0. The number of benzene rings is 2. The van der Waals surface area contributed by atoms with Crippen molar-refractivity contribution in [1.82, 2.24) is 4.98 Å². The molecule has 1 aromatic heterocycles. The fourth-order valence-corrected chi connectivity index (χ4v) is 3.62. The minimum absolute atomic E-state index is 0.179. The first-order chi connectivity index (χ1) is 15.1. The number of rotatable bonds is 5. The number of nitrogens with zero attached hydrogens (tertiary/aromatic N) is 3. The number of aromatic nitrogens is 1. The van der Waals surface area contributed by atoms with Crippen molar-refractivity contribution >= 4 is 34.7 Å². The van der Waals surface area contributed by atoms with E-state index in [1.54, 1.807) is 30.5 Å². The highest BCUT2D eigenvalue weighted by molar-refractivity contribution is 6.05. The third kappa shape index (κ3) is 5.19. The zero-order chi connectivity index (χ0) is 21.6. The van der Waals surface area contributed by atoms with Gasteiger partial charge < -0.3 is 20.4 Å². The van der Waals surface area contributed by atoms with Crippen molar-refractivity contribution in [3.05, 3.63) is 78.5 Å². The Morgan fingerprint density at radius 2 is 1.55 bits per heavy atom. The molecule has 1 fully saturated rings. The highest BCUT2D eigenvalue weighted by atomic mass is 16.2. The molecule has 158 valence electrons. The molecule has 4 rings (SSSR count). The lowest BCUT2D eigenvalue weighted by molar-refractivity contribution is -0.114. The predicted octanol–water partition coefficient (Wildman–Crippen LogP) is 3.62. The number of para-hydroxylation sites is 1. The van der Waals surface area contributed by atoms with Crippen LogP contribution in [0.2, 0.25) is 0 Å². The van der Waals surface area contributed by atoms with E-state index in [0.717, 1.165) is 32.0 Å². The molecule has 0 atom stereocenters. The Kier molecular flexibility index (Phi) is 6.12. The molecule has 2 N–H and O–H groups in total. The molecule has 7 heteroatoms. The van der Waals surface area contributed by atoms with Gasteiger partial charge in [-0.1, -0.05) is 24.3 Å². The van der Waals surface area contributed by atoms with Crippen molar-refractivity contribution < 1.29 is 9.59 Å². The molecule has 1 aliphatic rings. The van der Waals surface area contributed by atoms with Gasteiger partial charge in [-0.2, -0.15) is 0 Å². The third-order valence-corrected chi connectivity index (χ3v) is 5.18. The third-order valence-electron chi connectivity index (χ3n) is 5.18. The quantitative estimate of drug-likeness (QED) is 0.666. The number of carbonyl (C=O) groups is 2. The molecule has 0 aliphatic carbocycles. The van der Waals surface area contributed by atoms with E-state index in [9.17, 15) is 9.59 Å². The second kappa shape index (κ2) is 9.30. The normalized spacial score (nSPS) is 13.6. The van der Waals surface area contributed by atoms with Gasteiger partial charge in [0.1, 0.15) is 5.82 Å². The van der Waals surface area contributed by atoms with E-state index in [1.807, 2.05) is 18.2 Å². The van der Waals surface area contributed by atoms with Crippen molar-refractivity contribution in [2.24, 2.45) is 0 Å². The molecule has 0 spiro atoms. The van der Waals surface area contributed by atoms with Gasteiger partial charge in [-0.05, 0) is 42.5 Å². The second-order valence-electron chi connectivity index (χ2n) is 7.43. The highest BCUT2D eigenvalue weighted by Crippen LogP contribution is 2.20. The zero-order valence-corrected chi connectivity index (χ0v) is 17.4. The maximum atomic E-state index is 12.5. The van der Waals surface area contributed by atoms with Crippen molar-refractivity contribution in [2.45, 2.75) is 6.92 Å². The van der Waals surface area contributed by atoms with Crippen LogP contribution < -0.4 is 20.4 Å². The van der Waals surface area contributed by atoms with Crippen LogP contribution in [0.3, 0.4) is 0 Å². The van der Waals surface area contributed by atoms with Crippen LogP contribution in [0, 0.1) is 0 Å². The SMILES string of the molecule is CC(=O)Nc1cccc(C(=O)Nc2ccc(N3CCN(c4ccccc4)CC3)nc2)c1. The number of piperazine rings is 1. The molecule has 1 saturated heterocycles. The molecule has 0 radical (unpaired) electrons. The minimum atomic E-state index is -0.252. The second-order valence-corrected chi connectivity index (χ2v) is 7.43. The summed E-state index contributed by atoms with van der Waals surface area (Å²) in [6.07, 6.45) is 1.68. The van der Waals surface area contributed by atoms with Crippen LogP contribution in [-0.4, -0.2) is 43.0 Å². The van der Waals surface area contributed by atoms with Crippen molar-refractivity contribution in [3.8, 4) is 0 Å². The first-order valence-electron chi connectivity index (χ1n) is 10.3. The number of amides is 2. The van der Waals surface area contributed by atoms with Crippen LogP contribution in [0.25, 0.3) is 0 Å². The number of hydrogen-bond donors (Lipinski definition) is 2. The standard InChI is InChI=1S/C24H25N5O2/c1-18(30)26-20-7-5-6-19(16-20)24(31)27-21-10-11-23(25-17-21)29-14-12-28(13-15-29)22-8-3-2-4-9-22/h2-11,16-17H,12-15H2,1H3,(H,26,30)(H,27,31). The fourth-order valence-electron chi connectivity index (χ4n) is 3.62. The fraction of sp³-hybridized carbons (Fsp3) is 0.208. The molecule has 2 amide bonds. The lowest BCUT2D eigenvalue weighted by Gasteiger charge is -2.36. The summed E-state index contributed by atoms with van der Waals surface area (Å²) in [7, 11) is 0. The van der Waals surface area contributed by atoms with Crippen LogP contribution in [0.4, 0.5) is 22.9 Å². The van der Waals surface area contributed by atoms with E-state index in [1.165, 1.54) is 12.6 Å². The minimum Gasteiger partial charge on any atom is -0.368 e.